The second kappa shape index (κ2) is 17.8. The van der Waals surface area contributed by atoms with Crippen molar-refractivity contribution in [1.29, 1.82) is 0 Å². The number of hydrogen-bond acceptors (Lipinski definition) is 0. The molecule has 0 aliphatic heterocycles. The first-order chi connectivity index (χ1) is 15.5. The van der Waals surface area contributed by atoms with E-state index in [-0.39, 0.29) is 0 Å². The quantitative estimate of drug-likeness (QED) is 0.0929. The Morgan fingerprint density at radius 2 is 0.938 bits per heavy atom. The summed E-state index contributed by atoms with van der Waals surface area (Å²) in [4.78, 5) is 0. The Morgan fingerprint density at radius 1 is 0.594 bits per heavy atom. The van der Waals surface area contributed by atoms with Gasteiger partial charge in [0.25, 0.3) is 0 Å². The van der Waals surface area contributed by atoms with Crippen LogP contribution in [0, 0.1) is 0 Å². The van der Waals surface area contributed by atoms with Crippen LogP contribution in [0.5, 0.6) is 0 Å². The molecule has 0 aromatic heterocycles. The van der Waals surface area contributed by atoms with Crippen molar-refractivity contribution in [3.63, 3.8) is 0 Å². The van der Waals surface area contributed by atoms with Gasteiger partial charge in [-0.25, -0.2) is 0 Å². The first-order valence-electron chi connectivity index (χ1n) is 14.5. The van der Waals surface area contributed by atoms with Crippen LogP contribution in [0.15, 0.2) is 16.6 Å². The van der Waals surface area contributed by atoms with E-state index in [1.165, 1.54) is 77.0 Å². The van der Waals surface area contributed by atoms with E-state index in [0.717, 1.165) is 0 Å². The van der Waals surface area contributed by atoms with E-state index in [1.807, 2.05) is 7.16 Å². The first-order valence-corrected chi connectivity index (χ1v) is 30.2. The van der Waals surface area contributed by atoms with Crippen LogP contribution in [0.1, 0.15) is 119 Å². The normalized spacial score (nSPS) is 12.6. The number of rotatable bonds is 20. The Morgan fingerprint density at radius 3 is 1.28 bits per heavy atom. The standard InChI is InChI=1S/C5H2Br.6C4H9.2Sn/c6-5-3-1-2-4-5;6*1-3-4-2;;/h1-2H;6*1,3-4H2,2H3;;/q-1;;;;;;;;. The van der Waals surface area contributed by atoms with Crippen LogP contribution in [0.25, 0.3) is 0 Å². The summed E-state index contributed by atoms with van der Waals surface area (Å²) in [6.45, 7) is 14.4. The molecule has 0 unspecified atom stereocenters. The molecule has 0 radical (unpaired) electrons. The third kappa shape index (κ3) is 9.14. The van der Waals surface area contributed by atoms with Crippen molar-refractivity contribution in [2.24, 2.45) is 0 Å². The molecule has 0 aliphatic carbocycles. The zero-order valence-corrected chi connectivity index (χ0v) is 30.1. The van der Waals surface area contributed by atoms with Crippen molar-refractivity contribution in [3.05, 3.63) is 16.6 Å². The molecule has 0 spiro atoms. The van der Waals surface area contributed by atoms with Crippen molar-refractivity contribution in [2.75, 3.05) is 0 Å². The van der Waals surface area contributed by atoms with E-state index in [0.29, 0.717) is 0 Å². The SMILES string of the molecule is CCC[CH2][Sn]([CH2]CCC)([CH2]CCC)[c]1cc[c-]([Sn]([CH2]CCC)([CH2]CCC)[CH2]CCC)c1Br. The van der Waals surface area contributed by atoms with Gasteiger partial charge in [-0.3, -0.25) is 0 Å². The summed E-state index contributed by atoms with van der Waals surface area (Å²) >= 11 is -0.397. The predicted octanol–water partition coefficient (Wildman–Crippen LogP) is 10.3. The molecule has 0 bridgehead atoms. The molecule has 0 N–H and O–H groups in total. The number of hydrogen-bond donors (Lipinski definition) is 0. The molecule has 1 aromatic rings. The fourth-order valence-electron chi connectivity index (χ4n) is 5.93. The van der Waals surface area contributed by atoms with Gasteiger partial charge in [0.1, 0.15) is 0 Å². The Labute approximate surface area is 219 Å². The van der Waals surface area contributed by atoms with Crippen molar-refractivity contribution < 1.29 is 0 Å². The minimum absolute atomic E-state index is 1.37. The summed E-state index contributed by atoms with van der Waals surface area (Å²) in [5.74, 6) is 0. The van der Waals surface area contributed by atoms with Crippen LogP contribution in [0.4, 0.5) is 0 Å². The van der Waals surface area contributed by atoms with Gasteiger partial charge in [0.2, 0.25) is 0 Å². The Kier molecular flexibility index (Phi) is 17.5. The second-order valence-electron chi connectivity index (χ2n) is 10.7. The molecule has 32 heavy (non-hydrogen) atoms. The summed E-state index contributed by atoms with van der Waals surface area (Å²) < 4.78 is 15.1. The second-order valence-corrected chi connectivity index (χ2v) is 37.7. The fraction of sp³-hybridized carbons (Fsp3) is 0.828. The molecule has 0 saturated heterocycles. The van der Waals surface area contributed by atoms with Crippen LogP contribution < -0.4 is 7.16 Å². The average Bonchev–Trinajstić information content (AvgIpc) is 3.21. The summed E-state index contributed by atoms with van der Waals surface area (Å²) in [6, 6.07) is 5.43. The predicted molar refractivity (Wildman–Crippen MR) is 159 cm³/mol. The van der Waals surface area contributed by atoms with Crippen molar-refractivity contribution in [1.82, 2.24) is 0 Å². The van der Waals surface area contributed by atoms with Crippen LogP contribution in [0.2, 0.25) is 26.6 Å². The Hall–Kier alpha value is 1.43. The Balaban J connectivity index is 3.52. The molecule has 0 saturated carbocycles. The maximum absolute atomic E-state index is 4.38. The van der Waals surface area contributed by atoms with Gasteiger partial charge in [0.05, 0.1) is 0 Å². The van der Waals surface area contributed by atoms with Gasteiger partial charge in [-0.2, -0.15) is 0 Å². The minimum atomic E-state index is -2.39. The van der Waals surface area contributed by atoms with Gasteiger partial charge in [-0.05, 0) is 0 Å². The molecular weight excluding hydrogens is 666 g/mol. The number of unbranched alkanes of at least 4 members (excludes halogenated alkanes) is 6. The van der Waals surface area contributed by atoms with E-state index in [4.69, 9.17) is 0 Å². The molecule has 0 fully saturated rings. The van der Waals surface area contributed by atoms with Gasteiger partial charge in [0, 0.05) is 0 Å². The summed E-state index contributed by atoms with van der Waals surface area (Å²) in [7, 11) is 0. The van der Waals surface area contributed by atoms with Crippen molar-refractivity contribution in [2.45, 2.75) is 145 Å². The number of halogens is 1. The molecule has 0 heterocycles. The van der Waals surface area contributed by atoms with Crippen LogP contribution in [-0.4, -0.2) is 36.8 Å². The van der Waals surface area contributed by atoms with Gasteiger partial charge < -0.3 is 0 Å². The molecule has 0 nitrogen and oxygen atoms in total. The third-order valence-corrected chi connectivity index (χ3v) is 42.4. The third-order valence-electron chi connectivity index (χ3n) is 8.09. The molecule has 188 valence electrons. The molecule has 0 amide bonds. The van der Waals surface area contributed by atoms with Gasteiger partial charge >= 0.3 is 222 Å². The van der Waals surface area contributed by atoms with Crippen molar-refractivity contribution in [3.8, 4) is 0 Å². The average molecular weight is 722 g/mol. The van der Waals surface area contributed by atoms with Crippen LogP contribution in [0.3, 0.4) is 0 Å². The fourth-order valence-corrected chi connectivity index (χ4v) is 45.3. The molecule has 1 rings (SSSR count). The monoisotopic (exact) mass is 723 g/mol. The molecule has 3 heteroatoms. The van der Waals surface area contributed by atoms with Gasteiger partial charge in [-0.15, -0.1) is 0 Å². The first kappa shape index (κ1) is 31.5. The molecular formula is C29H56BrSn2-. The van der Waals surface area contributed by atoms with Gasteiger partial charge in [-0.1, -0.05) is 0 Å². The summed E-state index contributed by atoms with van der Waals surface area (Å²) in [6.07, 6.45) is 17.0. The van der Waals surface area contributed by atoms with Gasteiger partial charge in [0.15, 0.2) is 0 Å². The molecule has 0 aliphatic rings. The molecule has 1 aromatic carbocycles. The van der Waals surface area contributed by atoms with E-state index < -0.39 is 36.8 Å². The maximum atomic E-state index is 4.38. The zero-order valence-electron chi connectivity index (χ0n) is 22.8. The van der Waals surface area contributed by atoms with E-state index in [9.17, 15) is 0 Å². The summed E-state index contributed by atoms with van der Waals surface area (Å²) in [5, 5.41) is 0. The van der Waals surface area contributed by atoms with Crippen LogP contribution in [-0.2, 0) is 0 Å². The van der Waals surface area contributed by atoms with Crippen molar-refractivity contribution >= 4 is 59.8 Å². The Bertz CT molecular complexity index is 499. The van der Waals surface area contributed by atoms with E-state index in [1.54, 1.807) is 31.1 Å². The van der Waals surface area contributed by atoms with E-state index >= 15 is 0 Å². The van der Waals surface area contributed by atoms with Crippen LogP contribution >= 0.6 is 15.9 Å². The topological polar surface area (TPSA) is 0 Å². The summed E-state index contributed by atoms with van der Waals surface area (Å²) in [5.41, 5.74) is 0. The molecule has 0 atom stereocenters. The van der Waals surface area contributed by atoms with E-state index in [2.05, 4.69) is 69.6 Å². The zero-order chi connectivity index (χ0) is 23.9.